The third-order valence-electron chi connectivity index (χ3n) is 4.29. The summed E-state index contributed by atoms with van der Waals surface area (Å²) in [6, 6.07) is 16.4. The SMILES string of the molecule is CCOC(=O)c1ccc(NC(=O)Cc2c(OC)ccc3cc(Br)ccc23)cc1. The minimum absolute atomic E-state index is 0.168. The maximum Gasteiger partial charge on any atom is 0.338 e. The molecule has 28 heavy (non-hydrogen) atoms. The molecule has 5 nitrogen and oxygen atoms in total. The van der Waals surface area contributed by atoms with E-state index in [2.05, 4.69) is 21.2 Å². The van der Waals surface area contributed by atoms with Gasteiger partial charge in [0.2, 0.25) is 5.91 Å². The Balaban J connectivity index is 1.79. The molecule has 0 spiro atoms. The van der Waals surface area contributed by atoms with E-state index in [1.807, 2.05) is 30.3 Å². The Hall–Kier alpha value is -2.86. The van der Waals surface area contributed by atoms with E-state index in [0.717, 1.165) is 20.8 Å². The Morgan fingerprint density at radius 1 is 1.04 bits per heavy atom. The van der Waals surface area contributed by atoms with Gasteiger partial charge in [0.05, 0.1) is 25.7 Å². The number of anilines is 1. The second-order valence-corrected chi connectivity index (χ2v) is 7.05. The van der Waals surface area contributed by atoms with Gasteiger partial charge in [-0.3, -0.25) is 4.79 Å². The maximum absolute atomic E-state index is 12.6. The average Bonchev–Trinajstić information content (AvgIpc) is 2.68. The third-order valence-corrected chi connectivity index (χ3v) is 4.78. The second kappa shape index (κ2) is 8.89. The van der Waals surface area contributed by atoms with Gasteiger partial charge in [0.1, 0.15) is 5.75 Å². The van der Waals surface area contributed by atoms with Crippen molar-refractivity contribution >= 4 is 44.3 Å². The number of fused-ring (bicyclic) bond motifs is 1. The molecule has 1 amide bonds. The normalized spacial score (nSPS) is 10.5. The van der Waals surface area contributed by atoms with Gasteiger partial charge in [-0.15, -0.1) is 0 Å². The molecule has 0 saturated heterocycles. The van der Waals surface area contributed by atoms with Gasteiger partial charge in [-0.25, -0.2) is 4.79 Å². The van der Waals surface area contributed by atoms with Gasteiger partial charge in [-0.1, -0.05) is 28.1 Å². The van der Waals surface area contributed by atoms with Crippen molar-refractivity contribution in [2.45, 2.75) is 13.3 Å². The largest absolute Gasteiger partial charge is 0.496 e. The number of carbonyl (C=O) groups excluding carboxylic acids is 2. The molecule has 0 aliphatic rings. The number of rotatable bonds is 6. The minimum atomic E-state index is -0.382. The highest BCUT2D eigenvalue weighted by molar-refractivity contribution is 9.10. The van der Waals surface area contributed by atoms with Crippen LogP contribution in [-0.2, 0) is 16.0 Å². The van der Waals surface area contributed by atoms with Gasteiger partial charge in [-0.05, 0) is 60.2 Å². The third kappa shape index (κ3) is 4.51. The molecule has 3 aromatic rings. The van der Waals surface area contributed by atoms with E-state index in [-0.39, 0.29) is 18.3 Å². The molecule has 1 N–H and O–H groups in total. The maximum atomic E-state index is 12.6. The van der Waals surface area contributed by atoms with Crippen molar-refractivity contribution in [3.63, 3.8) is 0 Å². The van der Waals surface area contributed by atoms with E-state index in [0.29, 0.717) is 23.6 Å². The zero-order chi connectivity index (χ0) is 20.1. The summed E-state index contributed by atoms with van der Waals surface area (Å²) in [5.41, 5.74) is 1.88. The summed E-state index contributed by atoms with van der Waals surface area (Å²) in [5.74, 6) is 0.118. The van der Waals surface area contributed by atoms with Crippen LogP contribution in [0, 0.1) is 0 Å². The van der Waals surface area contributed by atoms with Crippen molar-refractivity contribution in [2.24, 2.45) is 0 Å². The summed E-state index contributed by atoms with van der Waals surface area (Å²) in [6.07, 6.45) is 0.168. The van der Waals surface area contributed by atoms with Crippen molar-refractivity contribution in [1.29, 1.82) is 0 Å². The van der Waals surface area contributed by atoms with Crippen LogP contribution in [0.5, 0.6) is 5.75 Å². The van der Waals surface area contributed by atoms with Gasteiger partial charge in [0, 0.05) is 15.7 Å². The summed E-state index contributed by atoms with van der Waals surface area (Å²) in [6.45, 7) is 2.08. The van der Waals surface area contributed by atoms with Crippen LogP contribution in [0.1, 0.15) is 22.8 Å². The molecule has 3 aromatic carbocycles. The lowest BCUT2D eigenvalue weighted by Crippen LogP contribution is -2.15. The van der Waals surface area contributed by atoms with Gasteiger partial charge in [0.25, 0.3) is 0 Å². The lowest BCUT2D eigenvalue weighted by Gasteiger charge is -2.13. The van der Waals surface area contributed by atoms with Crippen LogP contribution >= 0.6 is 15.9 Å². The molecule has 0 saturated carbocycles. The molecule has 0 atom stereocenters. The smallest absolute Gasteiger partial charge is 0.338 e. The molecule has 144 valence electrons. The fourth-order valence-electron chi connectivity index (χ4n) is 2.99. The summed E-state index contributed by atoms with van der Waals surface area (Å²) in [7, 11) is 1.59. The number of ether oxygens (including phenoxy) is 2. The van der Waals surface area contributed by atoms with Crippen molar-refractivity contribution < 1.29 is 19.1 Å². The summed E-state index contributed by atoms with van der Waals surface area (Å²) in [4.78, 5) is 24.3. The van der Waals surface area contributed by atoms with Crippen molar-refractivity contribution in [2.75, 3.05) is 19.0 Å². The number of esters is 1. The topological polar surface area (TPSA) is 64.6 Å². The molecule has 0 aromatic heterocycles. The number of nitrogens with one attached hydrogen (secondary N) is 1. The summed E-state index contributed by atoms with van der Waals surface area (Å²) >= 11 is 3.47. The highest BCUT2D eigenvalue weighted by atomic mass is 79.9. The lowest BCUT2D eigenvalue weighted by molar-refractivity contribution is -0.115. The van der Waals surface area contributed by atoms with E-state index in [9.17, 15) is 9.59 Å². The molecule has 6 heteroatoms. The minimum Gasteiger partial charge on any atom is -0.496 e. The van der Waals surface area contributed by atoms with Crippen LogP contribution in [0.25, 0.3) is 10.8 Å². The van der Waals surface area contributed by atoms with Gasteiger partial charge in [-0.2, -0.15) is 0 Å². The summed E-state index contributed by atoms with van der Waals surface area (Å²) in [5, 5.41) is 4.85. The first-order valence-corrected chi connectivity index (χ1v) is 9.63. The number of amides is 1. The molecule has 3 rings (SSSR count). The van der Waals surface area contributed by atoms with Crippen molar-refractivity contribution in [1.82, 2.24) is 0 Å². The summed E-state index contributed by atoms with van der Waals surface area (Å²) < 4.78 is 11.4. The predicted molar refractivity (Wildman–Crippen MR) is 113 cm³/mol. The van der Waals surface area contributed by atoms with E-state index in [1.54, 1.807) is 38.3 Å². The van der Waals surface area contributed by atoms with Gasteiger partial charge < -0.3 is 14.8 Å². The standard InChI is InChI=1S/C22H20BrNO4/c1-3-28-22(26)14-4-8-17(9-5-14)24-21(25)13-19-18-10-7-16(23)12-15(18)6-11-20(19)27-2/h4-12H,3,13H2,1-2H3,(H,24,25). The zero-order valence-corrected chi connectivity index (χ0v) is 17.2. The molecule has 0 bridgehead atoms. The van der Waals surface area contributed by atoms with E-state index >= 15 is 0 Å². The Bertz CT molecular complexity index is 1010. The molecular formula is C22H20BrNO4. The van der Waals surface area contributed by atoms with Gasteiger partial charge >= 0.3 is 5.97 Å². The number of methoxy groups -OCH3 is 1. The van der Waals surface area contributed by atoms with Crippen LogP contribution in [0.4, 0.5) is 5.69 Å². The van der Waals surface area contributed by atoms with E-state index < -0.39 is 0 Å². The Morgan fingerprint density at radius 2 is 1.79 bits per heavy atom. The molecule has 0 unspecified atom stereocenters. The number of benzene rings is 3. The van der Waals surface area contributed by atoms with Crippen LogP contribution < -0.4 is 10.1 Å². The number of halogens is 1. The van der Waals surface area contributed by atoms with E-state index in [1.165, 1.54) is 0 Å². The van der Waals surface area contributed by atoms with Crippen molar-refractivity contribution in [3.05, 3.63) is 70.2 Å². The fourth-order valence-corrected chi connectivity index (χ4v) is 3.37. The number of hydrogen-bond donors (Lipinski definition) is 1. The van der Waals surface area contributed by atoms with E-state index in [4.69, 9.17) is 9.47 Å². The number of carbonyl (C=O) groups is 2. The first-order chi connectivity index (χ1) is 13.5. The van der Waals surface area contributed by atoms with Gasteiger partial charge in [0.15, 0.2) is 0 Å². The van der Waals surface area contributed by atoms with Crippen LogP contribution in [0.2, 0.25) is 0 Å². The molecule has 0 fully saturated rings. The highest BCUT2D eigenvalue weighted by Gasteiger charge is 2.14. The van der Waals surface area contributed by atoms with Crippen LogP contribution in [-0.4, -0.2) is 25.6 Å². The molecule has 0 radical (unpaired) electrons. The van der Waals surface area contributed by atoms with Crippen molar-refractivity contribution in [3.8, 4) is 5.75 Å². The predicted octanol–water partition coefficient (Wildman–Crippen LogP) is 4.97. The first-order valence-electron chi connectivity index (χ1n) is 8.84. The Kier molecular flexibility index (Phi) is 6.31. The quantitative estimate of drug-likeness (QED) is 0.548. The monoisotopic (exact) mass is 441 g/mol. The molecule has 0 aliphatic carbocycles. The first kappa shape index (κ1) is 19.9. The second-order valence-electron chi connectivity index (χ2n) is 6.13. The lowest BCUT2D eigenvalue weighted by atomic mass is 10.0. The zero-order valence-electron chi connectivity index (χ0n) is 15.6. The van der Waals surface area contributed by atoms with Crippen LogP contribution in [0.15, 0.2) is 59.1 Å². The molecule has 0 heterocycles. The highest BCUT2D eigenvalue weighted by Crippen LogP contribution is 2.30. The Morgan fingerprint density at radius 3 is 2.46 bits per heavy atom. The average molecular weight is 442 g/mol. The molecular weight excluding hydrogens is 422 g/mol. The number of hydrogen-bond acceptors (Lipinski definition) is 4. The van der Waals surface area contributed by atoms with Crippen LogP contribution in [0.3, 0.4) is 0 Å². The fraction of sp³-hybridized carbons (Fsp3) is 0.182. The molecule has 0 aliphatic heterocycles. The Labute approximate surface area is 171 Å².